The summed E-state index contributed by atoms with van der Waals surface area (Å²) in [5.74, 6) is -1.30. The zero-order valence-corrected chi connectivity index (χ0v) is 13.8. The molecule has 1 aromatic carbocycles. The van der Waals surface area contributed by atoms with Crippen LogP contribution in [0.3, 0.4) is 0 Å². The number of carbonyl (C=O) groups excluding carboxylic acids is 2. The summed E-state index contributed by atoms with van der Waals surface area (Å²) >= 11 is 5.73. The molecule has 0 unspecified atom stereocenters. The molecule has 0 saturated carbocycles. The van der Waals surface area contributed by atoms with Gasteiger partial charge in [0, 0.05) is 0 Å². The lowest BCUT2D eigenvalue weighted by Crippen LogP contribution is -2.37. The number of halogens is 1. The van der Waals surface area contributed by atoms with Gasteiger partial charge in [-0.1, -0.05) is 29.8 Å². The van der Waals surface area contributed by atoms with Crippen molar-refractivity contribution in [2.75, 3.05) is 5.32 Å². The predicted octanol–water partition coefficient (Wildman–Crippen LogP) is 1.66. The number of hydrogen-bond acceptors (Lipinski definition) is 7. The number of aromatic nitrogens is 2. The van der Waals surface area contributed by atoms with E-state index in [9.17, 15) is 18.0 Å². The third-order valence-corrected chi connectivity index (χ3v) is 3.73. The number of urea groups is 1. The second-order valence-electron chi connectivity index (χ2n) is 4.37. The highest BCUT2D eigenvalue weighted by Gasteiger charge is 2.21. The van der Waals surface area contributed by atoms with Crippen molar-refractivity contribution >= 4 is 39.9 Å². The molecule has 0 bridgehead atoms. The molecule has 2 aromatic rings. The predicted molar refractivity (Wildman–Crippen MR) is 84.7 cm³/mol. The van der Waals surface area contributed by atoms with E-state index < -0.39 is 22.3 Å². The molecule has 9 nitrogen and oxygen atoms in total. The summed E-state index contributed by atoms with van der Waals surface area (Å²) in [4.78, 5) is 30.8. The molecule has 2 rings (SSSR count). The number of anilines is 1. The molecule has 0 fully saturated rings. The number of aryl methyl sites for hydroxylation is 1. The van der Waals surface area contributed by atoms with E-state index in [0.717, 1.165) is 0 Å². The van der Waals surface area contributed by atoms with Crippen molar-refractivity contribution in [2.24, 2.45) is 0 Å². The van der Waals surface area contributed by atoms with Crippen LogP contribution in [0.2, 0.25) is 5.02 Å². The summed E-state index contributed by atoms with van der Waals surface area (Å²) in [7, 11) is -4.66. The molecule has 0 aliphatic rings. The van der Waals surface area contributed by atoms with Gasteiger partial charge in [-0.3, -0.25) is 5.32 Å². The molecule has 2 amide bonds. The maximum absolute atomic E-state index is 11.7. The lowest BCUT2D eigenvalue weighted by atomic mass is 10.2. The van der Waals surface area contributed by atoms with Crippen LogP contribution in [0.25, 0.3) is 0 Å². The third kappa shape index (κ3) is 4.89. The molecule has 126 valence electrons. The highest BCUT2D eigenvalue weighted by Crippen LogP contribution is 2.12. The average molecular weight is 371 g/mol. The Labute approximate surface area is 142 Å². The molecule has 0 spiro atoms. The topological polar surface area (TPSA) is 127 Å². The molecule has 0 saturated heterocycles. The van der Waals surface area contributed by atoms with E-state index in [4.69, 9.17) is 11.6 Å². The van der Waals surface area contributed by atoms with Gasteiger partial charge in [0.25, 0.3) is 0 Å². The lowest BCUT2D eigenvalue weighted by Gasteiger charge is -2.08. The highest BCUT2D eigenvalue weighted by atomic mass is 35.5. The molecular formula is C13H11ClN4O5S. The summed E-state index contributed by atoms with van der Waals surface area (Å²) in [6, 6.07) is 6.24. The number of hydrogen-bond donors (Lipinski definition) is 2. The Morgan fingerprint density at radius 2 is 1.88 bits per heavy atom. The Balaban J connectivity index is 1.99. The van der Waals surface area contributed by atoms with Crippen LogP contribution in [0.15, 0.2) is 36.5 Å². The minimum atomic E-state index is -4.66. The fraction of sp³-hybridized carbons (Fsp3) is 0.0769. The van der Waals surface area contributed by atoms with Gasteiger partial charge in [0.05, 0.1) is 22.5 Å². The van der Waals surface area contributed by atoms with Crippen LogP contribution in [-0.4, -0.2) is 30.4 Å². The number of carbonyl (C=O) groups is 2. The van der Waals surface area contributed by atoms with Crippen molar-refractivity contribution in [3.05, 3.63) is 52.8 Å². The van der Waals surface area contributed by atoms with E-state index in [2.05, 4.69) is 19.5 Å². The second kappa shape index (κ2) is 7.23. The SMILES string of the molecule is Cc1nc(NC(=O)NS(=O)(=O)OC(=O)c2ccccc2)ncc1Cl. The highest BCUT2D eigenvalue weighted by molar-refractivity contribution is 7.85. The van der Waals surface area contributed by atoms with E-state index in [-0.39, 0.29) is 16.5 Å². The van der Waals surface area contributed by atoms with E-state index in [1.807, 2.05) is 0 Å². The van der Waals surface area contributed by atoms with Crippen molar-refractivity contribution in [1.82, 2.24) is 14.7 Å². The van der Waals surface area contributed by atoms with Crippen molar-refractivity contribution in [3.8, 4) is 0 Å². The average Bonchev–Trinajstić information content (AvgIpc) is 2.50. The van der Waals surface area contributed by atoms with Crippen LogP contribution in [0, 0.1) is 6.92 Å². The summed E-state index contributed by atoms with van der Waals surface area (Å²) in [5.41, 5.74) is 0.403. The van der Waals surface area contributed by atoms with Crippen molar-refractivity contribution in [1.29, 1.82) is 0 Å². The maximum atomic E-state index is 11.7. The van der Waals surface area contributed by atoms with Crippen LogP contribution in [0.5, 0.6) is 0 Å². The number of nitrogens with one attached hydrogen (secondary N) is 2. The van der Waals surface area contributed by atoms with Gasteiger partial charge in [-0.15, -0.1) is 0 Å². The summed E-state index contributed by atoms with van der Waals surface area (Å²) in [6.07, 6.45) is 1.24. The van der Waals surface area contributed by atoms with E-state index >= 15 is 0 Å². The number of benzene rings is 1. The fourth-order valence-corrected chi connectivity index (χ4v) is 2.20. The largest absolute Gasteiger partial charge is 0.413 e. The first-order valence-corrected chi connectivity index (χ1v) is 8.17. The molecule has 0 atom stereocenters. The molecular weight excluding hydrogens is 360 g/mol. The Morgan fingerprint density at radius 1 is 1.21 bits per heavy atom. The van der Waals surface area contributed by atoms with Gasteiger partial charge >= 0.3 is 22.3 Å². The second-order valence-corrected chi connectivity index (χ2v) is 6.06. The molecule has 1 aromatic heterocycles. The molecule has 24 heavy (non-hydrogen) atoms. The molecule has 11 heteroatoms. The summed E-state index contributed by atoms with van der Waals surface area (Å²) in [5, 5.41) is 2.36. The summed E-state index contributed by atoms with van der Waals surface area (Å²) < 4.78 is 29.1. The Hall–Kier alpha value is -2.72. The monoisotopic (exact) mass is 370 g/mol. The van der Waals surface area contributed by atoms with Crippen molar-refractivity contribution in [3.63, 3.8) is 0 Å². The number of nitrogens with zero attached hydrogens (tertiary/aromatic N) is 2. The zero-order chi connectivity index (χ0) is 17.7. The van der Waals surface area contributed by atoms with Gasteiger partial charge < -0.3 is 4.18 Å². The van der Waals surface area contributed by atoms with Gasteiger partial charge in [0.1, 0.15) is 0 Å². The summed E-state index contributed by atoms with van der Waals surface area (Å²) in [6.45, 7) is 1.57. The van der Waals surface area contributed by atoms with Crippen LogP contribution < -0.4 is 10.0 Å². The van der Waals surface area contributed by atoms with Crippen molar-refractivity contribution in [2.45, 2.75) is 6.92 Å². The Kier molecular flexibility index (Phi) is 5.31. The van der Waals surface area contributed by atoms with Gasteiger partial charge in [0.2, 0.25) is 5.95 Å². The van der Waals surface area contributed by atoms with E-state index in [1.54, 1.807) is 13.0 Å². The van der Waals surface area contributed by atoms with Gasteiger partial charge in [-0.25, -0.2) is 24.3 Å². The smallest absolute Gasteiger partial charge is 0.325 e. The fourth-order valence-electron chi connectivity index (χ4n) is 1.50. The third-order valence-electron chi connectivity index (χ3n) is 2.56. The quantitative estimate of drug-likeness (QED) is 0.837. The van der Waals surface area contributed by atoms with E-state index in [1.165, 1.54) is 35.2 Å². The standard InChI is InChI=1S/C13H11ClN4O5S/c1-8-10(14)7-15-12(16-8)17-13(20)18-24(21,22)23-11(19)9-5-3-2-4-6-9/h2-7H,1H3,(H2,15,16,17,18,20). The first-order valence-electron chi connectivity index (χ1n) is 6.38. The molecule has 0 aliphatic heterocycles. The number of rotatable bonds is 4. The van der Waals surface area contributed by atoms with Crippen LogP contribution >= 0.6 is 11.6 Å². The van der Waals surface area contributed by atoms with Crippen LogP contribution in [-0.2, 0) is 14.5 Å². The lowest BCUT2D eigenvalue weighted by molar-refractivity contribution is 0.0745. The molecule has 1 heterocycles. The Bertz CT molecular complexity index is 873. The van der Waals surface area contributed by atoms with Crippen LogP contribution in [0.1, 0.15) is 16.1 Å². The Morgan fingerprint density at radius 3 is 2.50 bits per heavy atom. The number of amides is 2. The van der Waals surface area contributed by atoms with E-state index in [0.29, 0.717) is 5.69 Å². The molecule has 0 aliphatic carbocycles. The minimum absolute atomic E-state index is 0.0138. The van der Waals surface area contributed by atoms with Gasteiger partial charge in [0.15, 0.2) is 0 Å². The van der Waals surface area contributed by atoms with Gasteiger partial charge in [-0.05, 0) is 19.1 Å². The normalized spacial score (nSPS) is 10.8. The van der Waals surface area contributed by atoms with Gasteiger partial charge in [-0.2, -0.15) is 8.42 Å². The van der Waals surface area contributed by atoms with Crippen molar-refractivity contribution < 1.29 is 22.2 Å². The van der Waals surface area contributed by atoms with Crippen LogP contribution in [0.4, 0.5) is 10.7 Å². The minimum Gasteiger partial charge on any atom is -0.325 e. The zero-order valence-electron chi connectivity index (χ0n) is 12.2. The molecule has 2 N–H and O–H groups in total. The first kappa shape index (κ1) is 17.6. The molecule has 0 radical (unpaired) electrons. The maximum Gasteiger partial charge on any atom is 0.413 e. The first-order chi connectivity index (χ1) is 11.3.